The van der Waals surface area contributed by atoms with Crippen LogP contribution in [0.5, 0.6) is 0 Å². The molecule has 0 aromatic heterocycles. The second-order valence-electron chi connectivity index (χ2n) is 8.03. The van der Waals surface area contributed by atoms with Gasteiger partial charge in [-0.25, -0.2) is 0 Å². The lowest BCUT2D eigenvalue weighted by Crippen LogP contribution is -2.76. The first-order valence-electron chi connectivity index (χ1n) is 8.24. The summed E-state index contributed by atoms with van der Waals surface area (Å²) in [5, 5.41) is 29.9. The van der Waals surface area contributed by atoms with Gasteiger partial charge in [-0.2, -0.15) is 8.42 Å². The molecule has 0 amide bonds. The van der Waals surface area contributed by atoms with E-state index in [0.717, 1.165) is 0 Å². The Kier molecular flexibility index (Phi) is 3.41. The van der Waals surface area contributed by atoms with Gasteiger partial charge in [-0.3, -0.25) is 9.35 Å². The molecule has 1 spiro atoms. The molecule has 0 radical (unpaired) electrons. The van der Waals surface area contributed by atoms with E-state index in [1.165, 1.54) is 6.92 Å². The van der Waals surface area contributed by atoms with Crippen LogP contribution in [-0.4, -0.2) is 82.6 Å². The monoisotopic (exact) mass is 378 g/mol. The maximum atomic E-state index is 12.6. The molecule has 4 rings (SSSR count). The summed E-state index contributed by atoms with van der Waals surface area (Å²) in [6, 6.07) is 0. The minimum Gasteiger partial charge on any atom is -0.396 e. The van der Waals surface area contributed by atoms with Crippen molar-refractivity contribution in [3.05, 3.63) is 0 Å². The Balaban J connectivity index is 1.97. The van der Waals surface area contributed by atoms with Crippen LogP contribution in [-0.2, 0) is 24.4 Å². The zero-order valence-electron chi connectivity index (χ0n) is 13.8. The van der Waals surface area contributed by atoms with E-state index in [1.54, 1.807) is 6.92 Å². The molecule has 0 aromatic rings. The van der Waals surface area contributed by atoms with E-state index in [9.17, 15) is 33.1 Å². The Morgan fingerprint density at radius 3 is 2.36 bits per heavy atom. The quantitative estimate of drug-likeness (QED) is 0.319. The van der Waals surface area contributed by atoms with Crippen LogP contribution in [0.1, 0.15) is 20.3 Å². The van der Waals surface area contributed by atoms with Crippen molar-refractivity contribution < 1.29 is 42.6 Å². The molecule has 2 saturated carbocycles. The number of carbonyl (C=O) groups is 1. The highest BCUT2D eigenvalue weighted by Crippen LogP contribution is 2.71. The maximum absolute atomic E-state index is 12.6. The molecule has 2 aliphatic heterocycles. The van der Waals surface area contributed by atoms with E-state index in [1.807, 2.05) is 0 Å². The molecule has 10 heteroatoms. The van der Waals surface area contributed by atoms with Gasteiger partial charge in [-0.1, -0.05) is 13.8 Å². The minimum absolute atomic E-state index is 0.0750. The third-order valence-electron chi connectivity index (χ3n) is 7.25. The van der Waals surface area contributed by atoms with Crippen LogP contribution in [0.2, 0.25) is 0 Å². The van der Waals surface area contributed by atoms with E-state index in [4.69, 9.17) is 9.47 Å². The predicted molar refractivity (Wildman–Crippen MR) is 81.1 cm³/mol. The van der Waals surface area contributed by atoms with Crippen molar-refractivity contribution in [3.63, 3.8) is 0 Å². The van der Waals surface area contributed by atoms with Gasteiger partial charge in [0.15, 0.2) is 5.78 Å². The van der Waals surface area contributed by atoms with Crippen molar-refractivity contribution in [2.45, 2.75) is 55.5 Å². The molecule has 4 N–H and O–H groups in total. The van der Waals surface area contributed by atoms with Crippen LogP contribution in [0.25, 0.3) is 0 Å². The number of carbonyl (C=O) groups excluding carboxylic acids is 1. The number of epoxide rings is 1. The average Bonchev–Trinajstić information content (AvgIpc) is 3.27. The lowest BCUT2D eigenvalue weighted by Gasteiger charge is -2.61. The van der Waals surface area contributed by atoms with Crippen LogP contribution in [0.4, 0.5) is 0 Å². The number of hydrogen-bond donors (Lipinski definition) is 4. The number of fused-ring (bicyclic) bond motifs is 2. The Morgan fingerprint density at radius 2 is 1.88 bits per heavy atom. The summed E-state index contributed by atoms with van der Waals surface area (Å²) >= 11 is 0. The molecule has 142 valence electrons. The number of aliphatic hydroxyl groups excluding tert-OH is 3. The summed E-state index contributed by atoms with van der Waals surface area (Å²) in [6.07, 6.45) is -4.82. The van der Waals surface area contributed by atoms with Gasteiger partial charge in [-0.05, 0) is 6.42 Å². The van der Waals surface area contributed by atoms with Crippen LogP contribution in [0.15, 0.2) is 0 Å². The highest BCUT2D eigenvalue weighted by atomic mass is 32.2. The first-order valence-corrected chi connectivity index (χ1v) is 9.75. The minimum atomic E-state index is -4.72. The second kappa shape index (κ2) is 4.80. The van der Waals surface area contributed by atoms with E-state index in [-0.39, 0.29) is 13.0 Å². The molecule has 0 aromatic carbocycles. The molecule has 2 bridgehead atoms. The summed E-state index contributed by atoms with van der Waals surface area (Å²) < 4.78 is 45.2. The van der Waals surface area contributed by atoms with Gasteiger partial charge in [0.05, 0.1) is 30.8 Å². The smallest absolute Gasteiger partial charge is 0.271 e. The first-order chi connectivity index (χ1) is 11.5. The Morgan fingerprint density at radius 1 is 1.28 bits per heavy atom. The van der Waals surface area contributed by atoms with Gasteiger partial charge in [0.2, 0.25) is 0 Å². The fourth-order valence-electron chi connectivity index (χ4n) is 5.78. The Bertz CT molecular complexity index is 731. The number of aliphatic hydroxyl groups is 3. The Labute approximate surface area is 144 Å². The third kappa shape index (κ3) is 1.74. The van der Waals surface area contributed by atoms with E-state index < -0.39 is 74.5 Å². The number of rotatable bonds is 2. The standard InChI is InChI=1S/C15H22O9S/c1-6-8(18)10(19)14(4-16)12(9(6)25(20,21)22)24-11-7(17)3-13(14,2)15(11)5-23-15/h6-7,9-12,16-17,19H,3-5H2,1-2H3,(H,20,21,22)/t6-,7+,9-,10+,11+,12+,13+,14-,15-/m0/s1. The van der Waals surface area contributed by atoms with Gasteiger partial charge in [0, 0.05) is 11.3 Å². The maximum Gasteiger partial charge on any atom is 0.271 e. The number of Topliss-reactive ketones (excluding diaryl/α,β-unsaturated/α-hetero) is 1. The van der Waals surface area contributed by atoms with Crippen molar-refractivity contribution in [1.82, 2.24) is 0 Å². The summed E-state index contributed by atoms with van der Waals surface area (Å²) in [7, 11) is -4.72. The van der Waals surface area contributed by atoms with Gasteiger partial charge >= 0.3 is 0 Å². The molecule has 25 heavy (non-hydrogen) atoms. The molecule has 9 atom stereocenters. The van der Waals surface area contributed by atoms with Crippen LogP contribution in [0.3, 0.4) is 0 Å². The lowest BCUT2D eigenvalue weighted by atomic mass is 9.49. The molecular formula is C15H22O9S. The second-order valence-corrected chi connectivity index (χ2v) is 9.60. The largest absolute Gasteiger partial charge is 0.396 e. The van der Waals surface area contributed by atoms with Gasteiger partial charge < -0.3 is 24.8 Å². The SMILES string of the molecule is C[C@H]1C(=O)[C@@H](O)[C@@]2(CO)[C@H](O[C@@H]3[C@H](O)C[C@@]2(C)[C@]32CO2)[C@H]1S(=O)(=O)O. The average molecular weight is 378 g/mol. The lowest BCUT2D eigenvalue weighted by molar-refractivity contribution is -0.267. The summed E-state index contributed by atoms with van der Waals surface area (Å²) in [5.41, 5.74) is -3.79. The predicted octanol–water partition coefficient (Wildman–Crippen LogP) is -1.89. The van der Waals surface area contributed by atoms with Crippen molar-refractivity contribution in [3.8, 4) is 0 Å². The fraction of sp³-hybridized carbons (Fsp3) is 0.933. The van der Waals surface area contributed by atoms with Gasteiger partial charge in [0.1, 0.15) is 23.1 Å². The molecule has 2 aliphatic carbocycles. The number of ether oxygens (including phenoxy) is 2. The molecular weight excluding hydrogens is 356 g/mol. The third-order valence-corrected chi connectivity index (χ3v) is 8.59. The number of hydrogen-bond acceptors (Lipinski definition) is 8. The number of ketones is 1. The summed E-state index contributed by atoms with van der Waals surface area (Å²) in [6.45, 7) is 2.44. The Hall–Kier alpha value is -0.620. The molecule has 4 aliphatic rings. The zero-order valence-corrected chi connectivity index (χ0v) is 14.6. The van der Waals surface area contributed by atoms with E-state index >= 15 is 0 Å². The van der Waals surface area contributed by atoms with Crippen molar-refractivity contribution in [1.29, 1.82) is 0 Å². The van der Waals surface area contributed by atoms with Gasteiger partial charge in [-0.15, -0.1) is 0 Å². The van der Waals surface area contributed by atoms with Crippen molar-refractivity contribution in [2.75, 3.05) is 13.2 Å². The first kappa shape index (κ1) is 17.8. The van der Waals surface area contributed by atoms with Crippen LogP contribution in [0, 0.1) is 16.7 Å². The molecule has 0 unspecified atom stereocenters. The van der Waals surface area contributed by atoms with Crippen LogP contribution < -0.4 is 0 Å². The molecule has 2 heterocycles. The van der Waals surface area contributed by atoms with Gasteiger partial charge in [0.25, 0.3) is 10.1 Å². The molecule has 2 saturated heterocycles. The highest BCUT2D eigenvalue weighted by molar-refractivity contribution is 7.86. The normalized spacial score (nSPS) is 57.6. The highest BCUT2D eigenvalue weighted by Gasteiger charge is 2.85. The molecule has 9 nitrogen and oxygen atoms in total. The van der Waals surface area contributed by atoms with E-state index in [0.29, 0.717) is 0 Å². The van der Waals surface area contributed by atoms with E-state index in [2.05, 4.69) is 0 Å². The molecule has 4 fully saturated rings. The summed E-state index contributed by atoms with van der Waals surface area (Å²) in [4.78, 5) is 12.6. The fourth-order valence-corrected chi connectivity index (χ4v) is 7.05. The van der Waals surface area contributed by atoms with Crippen molar-refractivity contribution in [2.24, 2.45) is 16.7 Å². The van der Waals surface area contributed by atoms with Crippen LogP contribution >= 0.6 is 0 Å². The van der Waals surface area contributed by atoms with Crippen molar-refractivity contribution >= 4 is 15.9 Å². The topological polar surface area (TPSA) is 154 Å². The zero-order chi connectivity index (χ0) is 18.6. The summed E-state index contributed by atoms with van der Waals surface area (Å²) in [5.74, 6) is -2.00.